The first-order valence-electron chi connectivity index (χ1n) is 9.23. The lowest BCUT2D eigenvalue weighted by atomic mass is 10.0. The van der Waals surface area contributed by atoms with Crippen molar-refractivity contribution in [3.05, 3.63) is 52.2 Å². The Balaban J connectivity index is 1.65. The fraction of sp³-hybridized carbons (Fsp3) is 0.389. The molecule has 4 rings (SSSR count). The topological polar surface area (TPSA) is 81.7 Å². The van der Waals surface area contributed by atoms with Crippen LogP contribution in [0, 0.1) is 0 Å². The van der Waals surface area contributed by atoms with Crippen LogP contribution in [0.15, 0.2) is 24.5 Å². The van der Waals surface area contributed by atoms with Crippen molar-refractivity contribution in [2.24, 2.45) is 0 Å². The van der Waals surface area contributed by atoms with Gasteiger partial charge in [0.2, 0.25) is 0 Å². The third-order valence-corrected chi connectivity index (χ3v) is 5.45. The van der Waals surface area contributed by atoms with Gasteiger partial charge in [0.25, 0.3) is 5.91 Å². The molecule has 158 valence electrons. The van der Waals surface area contributed by atoms with Crippen molar-refractivity contribution in [1.29, 1.82) is 0 Å². The van der Waals surface area contributed by atoms with Crippen molar-refractivity contribution in [2.45, 2.75) is 39.0 Å². The quantitative estimate of drug-likeness (QED) is 0.625. The zero-order chi connectivity index (χ0) is 21.6. The van der Waals surface area contributed by atoms with Crippen molar-refractivity contribution in [1.82, 2.24) is 34.7 Å². The van der Waals surface area contributed by atoms with E-state index in [9.17, 15) is 18.0 Å². The highest BCUT2D eigenvalue weighted by molar-refractivity contribution is 6.34. The second-order valence-corrected chi connectivity index (χ2v) is 7.18. The molecule has 0 aromatic carbocycles. The smallest absolute Gasteiger partial charge is 0.330 e. The van der Waals surface area contributed by atoms with Gasteiger partial charge >= 0.3 is 6.18 Å². The lowest BCUT2D eigenvalue weighted by molar-refractivity contribution is -0.141. The molecule has 4 heterocycles. The van der Waals surface area contributed by atoms with Gasteiger partial charge in [0, 0.05) is 38.0 Å². The van der Waals surface area contributed by atoms with Crippen molar-refractivity contribution in [2.75, 3.05) is 6.54 Å². The maximum absolute atomic E-state index is 13.1. The first-order chi connectivity index (χ1) is 14.2. The molecule has 0 N–H and O–H groups in total. The van der Waals surface area contributed by atoms with Crippen molar-refractivity contribution < 1.29 is 18.0 Å². The number of halogens is 4. The monoisotopic (exact) mass is 439 g/mol. The van der Waals surface area contributed by atoms with Crippen LogP contribution in [0.2, 0.25) is 5.02 Å². The molecule has 1 amide bonds. The number of aromatic nitrogens is 6. The lowest BCUT2D eigenvalue weighted by Gasteiger charge is -2.32. The van der Waals surface area contributed by atoms with Crippen molar-refractivity contribution in [3.63, 3.8) is 0 Å². The van der Waals surface area contributed by atoms with Gasteiger partial charge in [-0.05, 0) is 19.9 Å². The maximum Gasteiger partial charge on any atom is 0.434 e. The van der Waals surface area contributed by atoms with E-state index in [0.717, 1.165) is 11.9 Å². The molecular formula is C18H17ClF3N7O. The number of fused-ring (bicyclic) bond motifs is 1. The highest BCUT2D eigenvalue weighted by Gasteiger charge is 2.39. The van der Waals surface area contributed by atoms with Crippen LogP contribution in [0.25, 0.3) is 5.82 Å². The maximum atomic E-state index is 13.1. The van der Waals surface area contributed by atoms with E-state index < -0.39 is 28.8 Å². The van der Waals surface area contributed by atoms with Crippen LogP contribution in [0.4, 0.5) is 13.2 Å². The number of hydrogen-bond acceptors (Lipinski definition) is 5. The summed E-state index contributed by atoms with van der Waals surface area (Å²) in [4.78, 5) is 17.7. The number of carbonyl (C=O) groups excluding carboxylic acids is 1. The molecule has 1 aliphatic rings. The number of pyridine rings is 1. The molecular weight excluding hydrogens is 423 g/mol. The molecule has 1 aliphatic heterocycles. The molecule has 0 radical (unpaired) electrons. The largest absolute Gasteiger partial charge is 0.434 e. The predicted octanol–water partition coefficient (Wildman–Crippen LogP) is 3.31. The summed E-state index contributed by atoms with van der Waals surface area (Å²) in [6.45, 7) is 4.70. The highest BCUT2D eigenvalue weighted by atomic mass is 35.5. The second-order valence-electron chi connectivity index (χ2n) is 6.81. The zero-order valence-corrected chi connectivity index (χ0v) is 16.8. The van der Waals surface area contributed by atoms with E-state index in [1.165, 1.54) is 11.0 Å². The average molecular weight is 440 g/mol. The van der Waals surface area contributed by atoms with Crippen molar-refractivity contribution >= 4 is 17.5 Å². The van der Waals surface area contributed by atoms with Gasteiger partial charge < -0.3 is 4.90 Å². The number of carbonyl (C=O) groups is 1. The van der Waals surface area contributed by atoms with E-state index in [2.05, 4.69) is 20.4 Å². The average Bonchev–Trinajstić information content (AvgIpc) is 3.34. The van der Waals surface area contributed by atoms with E-state index in [-0.39, 0.29) is 12.1 Å². The first kappa shape index (κ1) is 20.3. The van der Waals surface area contributed by atoms with Crippen molar-refractivity contribution in [3.8, 4) is 5.82 Å². The summed E-state index contributed by atoms with van der Waals surface area (Å²) in [6.07, 6.45) is -1.57. The molecule has 1 atom stereocenters. The molecule has 12 heteroatoms. The molecule has 8 nitrogen and oxygen atoms in total. The Bertz CT molecular complexity index is 1110. The van der Waals surface area contributed by atoms with Crippen LogP contribution < -0.4 is 0 Å². The third kappa shape index (κ3) is 3.32. The second kappa shape index (κ2) is 7.38. The van der Waals surface area contributed by atoms with E-state index in [1.54, 1.807) is 16.3 Å². The minimum absolute atomic E-state index is 0.247. The summed E-state index contributed by atoms with van der Waals surface area (Å²) in [5.74, 6) is 0.000402. The van der Waals surface area contributed by atoms with Crippen LogP contribution in [-0.4, -0.2) is 47.1 Å². The lowest BCUT2D eigenvalue weighted by Crippen LogP contribution is -2.39. The fourth-order valence-electron chi connectivity index (χ4n) is 3.50. The standard InChI is InChI=1S/C18H17ClF3N7O/c1-3-27-8-6-13(25-27)29-12-5-9-28(10(2)15(12)24-26-29)17(30)11-4-7-23-16(14(11)19)18(20,21)22/h4,6-8,10H,3,5,9H2,1-2H3/t10-/m0/s1. The Hall–Kier alpha value is -2.95. The Kier molecular flexibility index (Phi) is 5.00. The molecule has 0 spiro atoms. The number of amides is 1. The molecule has 0 aliphatic carbocycles. The van der Waals surface area contributed by atoms with E-state index in [0.29, 0.717) is 24.5 Å². The molecule has 3 aromatic rings. The number of nitrogens with zero attached hydrogens (tertiary/aromatic N) is 7. The van der Waals surface area contributed by atoms with E-state index in [4.69, 9.17) is 11.6 Å². The molecule has 0 saturated heterocycles. The van der Waals surface area contributed by atoms with Gasteiger partial charge in [-0.2, -0.15) is 23.0 Å². The summed E-state index contributed by atoms with van der Waals surface area (Å²) in [5, 5.41) is 12.1. The summed E-state index contributed by atoms with van der Waals surface area (Å²) in [7, 11) is 0. The summed E-state index contributed by atoms with van der Waals surface area (Å²) in [5.41, 5.74) is -0.146. The zero-order valence-electron chi connectivity index (χ0n) is 16.1. The normalized spacial score (nSPS) is 16.6. The third-order valence-electron chi connectivity index (χ3n) is 5.06. The van der Waals surface area contributed by atoms with E-state index >= 15 is 0 Å². The Labute approximate surface area is 174 Å². The highest BCUT2D eigenvalue weighted by Crippen LogP contribution is 2.36. The molecule has 0 fully saturated rings. The molecule has 0 saturated carbocycles. The number of alkyl halides is 3. The van der Waals surface area contributed by atoms with Gasteiger partial charge in [0.15, 0.2) is 11.5 Å². The van der Waals surface area contributed by atoms with Crippen LogP contribution in [0.3, 0.4) is 0 Å². The molecule has 30 heavy (non-hydrogen) atoms. The van der Waals surface area contributed by atoms with E-state index in [1.807, 2.05) is 19.2 Å². The van der Waals surface area contributed by atoms with Crippen LogP contribution in [0.1, 0.15) is 47.3 Å². The Morgan fingerprint density at radius 2 is 2.10 bits per heavy atom. The van der Waals surface area contributed by atoms with Crippen LogP contribution in [0.5, 0.6) is 0 Å². The molecule has 3 aromatic heterocycles. The Morgan fingerprint density at radius 1 is 1.33 bits per heavy atom. The van der Waals surface area contributed by atoms with Gasteiger partial charge in [-0.25, -0.2) is 0 Å². The minimum atomic E-state index is -4.75. The van der Waals surface area contributed by atoms with Gasteiger partial charge in [-0.1, -0.05) is 16.8 Å². The SMILES string of the molecule is CCn1ccc(-n2nnc3c2CCN(C(=O)c2ccnc(C(F)(F)F)c2Cl)[C@H]3C)n1. The minimum Gasteiger partial charge on any atom is -0.330 e. The Morgan fingerprint density at radius 3 is 2.77 bits per heavy atom. The van der Waals surface area contributed by atoms with Gasteiger partial charge in [0.05, 0.1) is 22.3 Å². The summed E-state index contributed by atoms with van der Waals surface area (Å²) in [6, 6.07) is 2.51. The van der Waals surface area contributed by atoms with Gasteiger partial charge in [0.1, 0.15) is 5.69 Å². The number of rotatable bonds is 3. The first-order valence-corrected chi connectivity index (χ1v) is 9.61. The number of aryl methyl sites for hydroxylation is 1. The van der Waals surface area contributed by atoms with Gasteiger partial charge in [-0.3, -0.25) is 14.5 Å². The van der Waals surface area contributed by atoms with Gasteiger partial charge in [-0.15, -0.1) is 5.10 Å². The predicted molar refractivity (Wildman–Crippen MR) is 100 cm³/mol. The summed E-state index contributed by atoms with van der Waals surface area (Å²) < 4.78 is 42.7. The van der Waals surface area contributed by atoms with Crippen LogP contribution in [-0.2, 0) is 19.1 Å². The molecule has 0 unspecified atom stereocenters. The summed E-state index contributed by atoms with van der Waals surface area (Å²) >= 11 is 5.88. The fourth-order valence-corrected chi connectivity index (χ4v) is 3.80. The number of hydrogen-bond donors (Lipinski definition) is 0. The van der Waals surface area contributed by atoms with Crippen LogP contribution >= 0.6 is 11.6 Å². The molecule has 0 bridgehead atoms.